The zero-order chi connectivity index (χ0) is 26.4. The summed E-state index contributed by atoms with van der Waals surface area (Å²) in [5, 5.41) is 15.4. The average Bonchev–Trinajstić information content (AvgIpc) is 3.48. The van der Waals surface area contributed by atoms with Crippen molar-refractivity contribution < 1.29 is 28.1 Å². The second-order valence-electron chi connectivity index (χ2n) is 9.66. The van der Waals surface area contributed by atoms with E-state index in [0.717, 1.165) is 42.8 Å². The van der Waals surface area contributed by atoms with E-state index in [9.17, 15) is 13.9 Å². The molecule has 0 aliphatic carbocycles. The number of aryl methyl sites for hydroxylation is 1. The van der Waals surface area contributed by atoms with Crippen LogP contribution in [0.3, 0.4) is 0 Å². The van der Waals surface area contributed by atoms with E-state index < -0.39 is 17.7 Å². The maximum Gasteiger partial charge on any atom is 0.227 e. The van der Waals surface area contributed by atoms with E-state index in [1.165, 1.54) is 6.07 Å². The van der Waals surface area contributed by atoms with Gasteiger partial charge in [-0.25, -0.2) is 13.5 Å². The van der Waals surface area contributed by atoms with Gasteiger partial charge in [0.2, 0.25) is 5.88 Å². The molecule has 1 aromatic heterocycles. The van der Waals surface area contributed by atoms with Gasteiger partial charge in [-0.15, -0.1) is 0 Å². The zero-order valence-electron chi connectivity index (χ0n) is 21.6. The number of aromatic nitrogens is 2. The molecule has 0 radical (unpaired) electrons. The van der Waals surface area contributed by atoms with Crippen LogP contribution in [0.5, 0.6) is 11.6 Å². The molecule has 1 aliphatic rings. The SMILES string of the molecule is Cc1nn(-c2ccccc2)c(Oc2ccc(F)cc2F)c1CN(C[C@H](O)COC(C)C)C[C@@H]1CCCO1. The van der Waals surface area contributed by atoms with Crippen molar-refractivity contribution in [3.8, 4) is 17.3 Å². The van der Waals surface area contributed by atoms with Crippen LogP contribution >= 0.6 is 0 Å². The van der Waals surface area contributed by atoms with Gasteiger partial charge in [-0.2, -0.15) is 5.10 Å². The van der Waals surface area contributed by atoms with Crippen LogP contribution in [0.4, 0.5) is 8.78 Å². The van der Waals surface area contributed by atoms with Crippen molar-refractivity contribution in [3.05, 3.63) is 71.4 Å². The topological polar surface area (TPSA) is 69.0 Å². The molecule has 2 atom stereocenters. The molecule has 1 aliphatic heterocycles. The Bertz CT molecular complexity index is 1150. The Morgan fingerprint density at radius 3 is 2.65 bits per heavy atom. The number of halogens is 2. The molecule has 0 spiro atoms. The molecule has 9 heteroatoms. The summed E-state index contributed by atoms with van der Waals surface area (Å²) in [5.41, 5.74) is 2.18. The van der Waals surface area contributed by atoms with E-state index in [1.54, 1.807) is 4.68 Å². The highest BCUT2D eigenvalue weighted by molar-refractivity contribution is 5.43. The molecule has 0 bridgehead atoms. The van der Waals surface area contributed by atoms with Gasteiger partial charge in [-0.05, 0) is 57.9 Å². The Hall–Kier alpha value is -2.85. The van der Waals surface area contributed by atoms with Crippen LogP contribution in [0.15, 0.2) is 48.5 Å². The first-order valence-corrected chi connectivity index (χ1v) is 12.7. The van der Waals surface area contributed by atoms with Gasteiger partial charge in [0.05, 0.1) is 41.9 Å². The molecule has 0 unspecified atom stereocenters. The van der Waals surface area contributed by atoms with Gasteiger partial charge < -0.3 is 19.3 Å². The monoisotopic (exact) mass is 515 g/mol. The number of aliphatic hydroxyl groups excluding tert-OH is 1. The normalized spacial score (nSPS) is 16.6. The molecule has 2 heterocycles. The molecular weight excluding hydrogens is 480 g/mol. The van der Waals surface area contributed by atoms with E-state index in [4.69, 9.17) is 19.3 Å². The van der Waals surface area contributed by atoms with Crippen LogP contribution in [0.2, 0.25) is 0 Å². The maximum absolute atomic E-state index is 14.6. The van der Waals surface area contributed by atoms with E-state index >= 15 is 0 Å². The first kappa shape index (κ1) is 27.2. The van der Waals surface area contributed by atoms with Gasteiger partial charge >= 0.3 is 0 Å². The number of para-hydroxylation sites is 1. The fourth-order valence-corrected chi connectivity index (χ4v) is 4.39. The molecule has 200 valence electrons. The van der Waals surface area contributed by atoms with Crippen LogP contribution in [-0.4, -0.2) is 64.4 Å². The zero-order valence-corrected chi connectivity index (χ0v) is 21.6. The van der Waals surface area contributed by atoms with Gasteiger partial charge in [0.1, 0.15) is 5.82 Å². The third kappa shape index (κ3) is 7.35. The standard InChI is InChI=1S/C28H35F2N3O4/c1-19(2)36-18-23(34)15-32(16-24-10-7-13-35-24)17-25-20(3)31-33(22-8-5-4-6-9-22)28(25)37-27-12-11-21(29)14-26(27)30/h4-6,8-9,11-12,14,19,23-24,34H,7,10,13,15-18H2,1-3H3/t23-,24-/m0/s1. The van der Waals surface area contributed by atoms with Crippen molar-refractivity contribution >= 4 is 0 Å². The molecule has 0 amide bonds. The molecule has 0 saturated carbocycles. The number of hydrogen-bond donors (Lipinski definition) is 1. The molecule has 1 fully saturated rings. The molecule has 1 saturated heterocycles. The molecule has 4 rings (SSSR count). The van der Waals surface area contributed by atoms with Crippen LogP contribution in [0.1, 0.15) is 37.9 Å². The number of rotatable bonds is 12. The summed E-state index contributed by atoms with van der Waals surface area (Å²) in [6.45, 7) is 8.01. The first-order chi connectivity index (χ1) is 17.8. The summed E-state index contributed by atoms with van der Waals surface area (Å²) in [6, 6.07) is 12.6. The molecule has 37 heavy (non-hydrogen) atoms. The van der Waals surface area contributed by atoms with Crippen molar-refractivity contribution in [2.45, 2.75) is 58.5 Å². The highest BCUT2D eigenvalue weighted by Gasteiger charge is 2.26. The predicted molar refractivity (Wildman–Crippen MR) is 136 cm³/mol. The van der Waals surface area contributed by atoms with Crippen LogP contribution in [-0.2, 0) is 16.0 Å². The minimum Gasteiger partial charge on any atom is -0.435 e. The molecule has 1 N–H and O–H groups in total. The summed E-state index contributed by atoms with van der Waals surface area (Å²) in [5.74, 6) is -1.25. The van der Waals surface area contributed by atoms with Crippen molar-refractivity contribution in [2.24, 2.45) is 0 Å². The fraction of sp³-hybridized carbons (Fsp3) is 0.464. The van der Waals surface area contributed by atoms with Crippen molar-refractivity contribution in [2.75, 3.05) is 26.3 Å². The second-order valence-corrected chi connectivity index (χ2v) is 9.66. The van der Waals surface area contributed by atoms with Crippen molar-refractivity contribution in [1.29, 1.82) is 0 Å². The third-order valence-corrected chi connectivity index (χ3v) is 6.20. The highest BCUT2D eigenvalue weighted by atomic mass is 19.1. The Morgan fingerprint density at radius 2 is 1.97 bits per heavy atom. The fourth-order valence-electron chi connectivity index (χ4n) is 4.39. The number of aliphatic hydroxyl groups is 1. The second kappa shape index (κ2) is 12.6. The van der Waals surface area contributed by atoms with Crippen molar-refractivity contribution in [1.82, 2.24) is 14.7 Å². The lowest BCUT2D eigenvalue weighted by atomic mass is 10.1. The predicted octanol–water partition coefficient (Wildman–Crippen LogP) is 5.02. The van der Waals surface area contributed by atoms with E-state index in [-0.39, 0.29) is 24.6 Å². The maximum atomic E-state index is 14.6. The van der Waals surface area contributed by atoms with E-state index in [2.05, 4.69) is 4.90 Å². The van der Waals surface area contributed by atoms with Gasteiger partial charge in [0.15, 0.2) is 11.6 Å². The smallest absolute Gasteiger partial charge is 0.227 e. The van der Waals surface area contributed by atoms with Crippen molar-refractivity contribution in [3.63, 3.8) is 0 Å². The Balaban J connectivity index is 1.67. The Morgan fingerprint density at radius 1 is 1.19 bits per heavy atom. The average molecular weight is 516 g/mol. The Kier molecular flexibility index (Phi) is 9.26. The Labute approximate surface area is 216 Å². The van der Waals surface area contributed by atoms with Crippen LogP contribution in [0.25, 0.3) is 5.69 Å². The quantitative estimate of drug-likeness (QED) is 0.365. The molecule has 2 aromatic carbocycles. The lowest BCUT2D eigenvalue weighted by Crippen LogP contribution is -2.39. The number of nitrogens with zero attached hydrogens (tertiary/aromatic N) is 3. The lowest BCUT2D eigenvalue weighted by molar-refractivity contribution is -0.0173. The van der Waals surface area contributed by atoms with E-state index in [0.29, 0.717) is 31.2 Å². The summed E-state index contributed by atoms with van der Waals surface area (Å²) in [4.78, 5) is 2.09. The summed E-state index contributed by atoms with van der Waals surface area (Å²) in [7, 11) is 0. The minimum absolute atomic E-state index is 0.0122. The van der Waals surface area contributed by atoms with Crippen LogP contribution in [0, 0.1) is 18.6 Å². The molecule has 3 aromatic rings. The lowest BCUT2D eigenvalue weighted by Gasteiger charge is -2.28. The van der Waals surface area contributed by atoms with Crippen LogP contribution < -0.4 is 4.74 Å². The largest absolute Gasteiger partial charge is 0.435 e. The number of ether oxygens (including phenoxy) is 3. The molecule has 7 nitrogen and oxygen atoms in total. The van der Waals surface area contributed by atoms with Gasteiger partial charge in [0.25, 0.3) is 0 Å². The van der Waals surface area contributed by atoms with Gasteiger partial charge in [-0.3, -0.25) is 4.90 Å². The van der Waals surface area contributed by atoms with E-state index in [1.807, 2.05) is 51.1 Å². The summed E-state index contributed by atoms with van der Waals surface area (Å²) in [6.07, 6.45) is 1.31. The van der Waals surface area contributed by atoms with Gasteiger partial charge in [-0.1, -0.05) is 18.2 Å². The molecular formula is C28H35F2N3O4. The highest BCUT2D eigenvalue weighted by Crippen LogP contribution is 2.33. The number of benzene rings is 2. The third-order valence-electron chi connectivity index (χ3n) is 6.20. The summed E-state index contributed by atoms with van der Waals surface area (Å²) < 4.78 is 47.3. The van der Waals surface area contributed by atoms with Gasteiger partial charge in [0, 0.05) is 32.3 Å². The minimum atomic E-state index is -0.804. The summed E-state index contributed by atoms with van der Waals surface area (Å²) >= 11 is 0. The number of hydrogen-bond acceptors (Lipinski definition) is 6. The first-order valence-electron chi connectivity index (χ1n) is 12.7.